The first kappa shape index (κ1) is 31.2. The molecule has 2 amide bonds. The van der Waals surface area contributed by atoms with E-state index in [1.807, 2.05) is 64.1 Å². The first-order chi connectivity index (χ1) is 19.6. The zero-order chi connectivity index (χ0) is 30.0. The maximum absolute atomic E-state index is 13.3. The number of anilines is 1. The van der Waals surface area contributed by atoms with Gasteiger partial charge in [0.05, 0.1) is 52.0 Å². The fraction of sp³-hybridized carbons (Fsp3) is 0.419. The van der Waals surface area contributed by atoms with Crippen LogP contribution in [0.4, 0.5) is 10.6 Å². The van der Waals surface area contributed by atoms with Crippen LogP contribution in [0.15, 0.2) is 42.5 Å². The molecule has 1 fully saturated rings. The van der Waals surface area contributed by atoms with Gasteiger partial charge in [-0.15, -0.1) is 0 Å². The Morgan fingerprint density at radius 2 is 1.85 bits per heavy atom. The molecule has 218 valence electrons. The normalized spacial score (nSPS) is 13.0. The van der Waals surface area contributed by atoms with E-state index in [-0.39, 0.29) is 13.0 Å². The summed E-state index contributed by atoms with van der Waals surface area (Å²) in [7, 11) is 3.16. The molecule has 0 saturated carbocycles. The Labute approximate surface area is 241 Å². The van der Waals surface area contributed by atoms with E-state index in [4.69, 9.17) is 23.9 Å². The molecule has 2 aromatic carbocycles. The Bertz CT molecular complexity index is 1390. The Morgan fingerprint density at radius 3 is 2.44 bits per heavy atom. The molecule has 0 N–H and O–H groups in total. The third-order valence-electron chi connectivity index (χ3n) is 6.29. The van der Waals surface area contributed by atoms with Crippen LogP contribution in [0.3, 0.4) is 0 Å². The predicted molar refractivity (Wildman–Crippen MR) is 156 cm³/mol. The quantitative estimate of drug-likeness (QED) is 0.368. The number of nitriles is 1. The van der Waals surface area contributed by atoms with Crippen molar-refractivity contribution in [3.8, 4) is 17.6 Å². The molecule has 0 radical (unpaired) electrons. The zero-order valence-corrected chi connectivity index (χ0v) is 24.6. The summed E-state index contributed by atoms with van der Waals surface area (Å²) in [6.07, 6.45) is 0.568. The van der Waals surface area contributed by atoms with E-state index in [1.165, 1.54) is 4.90 Å². The number of para-hydroxylation sites is 1. The molecular weight excluding hydrogens is 524 g/mol. The van der Waals surface area contributed by atoms with Crippen molar-refractivity contribution in [2.24, 2.45) is 0 Å². The van der Waals surface area contributed by atoms with E-state index in [9.17, 15) is 14.9 Å². The molecule has 1 aromatic heterocycles. The molecule has 3 aromatic rings. The summed E-state index contributed by atoms with van der Waals surface area (Å²) < 4.78 is 21.5. The number of methoxy groups -OCH3 is 2. The van der Waals surface area contributed by atoms with Crippen LogP contribution in [0.2, 0.25) is 0 Å². The monoisotopic (exact) mass is 562 g/mol. The van der Waals surface area contributed by atoms with Gasteiger partial charge in [0.15, 0.2) is 0 Å². The predicted octanol–water partition coefficient (Wildman–Crippen LogP) is 5.04. The fourth-order valence-electron chi connectivity index (χ4n) is 4.22. The van der Waals surface area contributed by atoms with E-state index in [1.54, 1.807) is 25.2 Å². The summed E-state index contributed by atoms with van der Waals surface area (Å²) in [5.41, 5.74) is 2.55. The highest BCUT2D eigenvalue weighted by atomic mass is 16.6. The van der Waals surface area contributed by atoms with Crippen LogP contribution in [-0.4, -0.2) is 68.5 Å². The number of benzene rings is 2. The average Bonchev–Trinajstić information content (AvgIpc) is 2.96. The smallest absolute Gasteiger partial charge is 0.416 e. The number of pyridine rings is 1. The largest absolute Gasteiger partial charge is 0.497 e. The molecule has 1 saturated heterocycles. The summed E-state index contributed by atoms with van der Waals surface area (Å²) in [5.74, 6) is 1.68. The van der Waals surface area contributed by atoms with Crippen molar-refractivity contribution in [3.05, 3.63) is 59.2 Å². The van der Waals surface area contributed by atoms with Crippen molar-refractivity contribution in [1.29, 1.82) is 5.26 Å². The van der Waals surface area contributed by atoms with Crippen molar-refractivity contribution in [2.75, 3.05) is 45.4 Å². The Kier molecular flexibility index (Phi) is 10.9. The van der Waals surface area contributed by atoms with Gasteiger partial charge in [-0.25, -0.2) is 9.78 Å². The van der Waals surface area contributed by atoms with Gasteiger partial charge < -0.3 is 23.8 Å². The molecule has 10 nitrogen and oxygen atoms in total. The van der Waals surface area contributed by atoms with Crippen molar-refractivity contribution in [1.82, 2.24) is 9.88 Å². The first-order valence-corrected chi connectivity index (χ1v) is 13.3. The van der Waals surface area contributed by atoms with Gasteiger partial charge in [-0.05, 0) is 57.0 Å². The molecule has 0 bridgehead atoms. The summed E-state index contributed by atoms with van der Waals surface area (Å²) in [6.45, 7) is 10.5. The minimum atomic E-state index is -0.683. The average molecular weight is 563 g/mol. The van der Waals surface area contributed by atoms with E-state index in [0.717, 1.165) is 41.6 Å². The molecule has 1 aliphatic rings. The number of ether oxygens (including phenoxy) is 4. The zero-order valence-electron chi connectivity index (χ0n) is 24.6. The van der Waals surface area contributed by atoms with Crippen molar-refractivity contribution in [2.45, 2.75) is 46.3 Å². The highest BCUT2D eigenvalue weighted by Crippen LogP contribution is 2.31. The number of hydrogen-bond acceptors (Lipinski definition) is 8. The molecule has 2 heterocycles. The maximum Gasteiger partial charge on any atom is 0.416 e. The lowest BCUT2D eigenvalue weighted by atomic mass is 10.0. The number of aryl methyl sites for hydroxylation is 1. The Morgan fingerprint density at radius 1 is 1.12 bits per heavy atom. The van der Waals surface area contributed by atoms with Gasteiger partial charge in [0.1, 0.15) is 22.9 Å². The topological polar surface area (TPSA) is 114 Å². The summed E-state index contributed by atoms with van der Waals surface area (Å²) >= 11 is 0. The number of hydrogen-bond donors (Lipinski definition) is 0. The van der Waals surface area contributed by atoms with Crippen molar-refractivity contribution >= 4 is 29.2 Å². The lowest BCUT2D eigenvalue weighted by Crippen LogP contribution is -2.37. The second-order valence-corrected chi connectivity index (χ2v) is 10.4. The lowest BCUT2D eigenvalue weighted by molar-refractivity contribution is -0.121. The standard InChI is InChI=1S/C26H29N3O4.C5H9NO2/c1-17-14-23(28-24-18(12-13-27)8-7-9-21(17)24)29(25(30)33-26(2,3)4)16-19-10-11-20(31-5)15-22(19)32-6;7-5-6-1-3-8-4-2-6/h7-11,14-15H,12,16H2,1-6H3;5H,1-4H2. The minimum Gasteiger partial charge on any atom is -0.497 e. The number of carbonyl (C=O) groups is 2. The summed E-state index contributed by atoms with van der Waals surface area (Å²) in [5, 5.41) is 10.2. The third-order valence-corrected chi connectivity index (χ3v) is 6.29. The maximum atomic E-state index is 13.3. The van der Waals surface area contributed by atoms with Crippen LogP contribution in [-0.2, 0) is 27.2 Å². The number of nitrogens with zero attached hydrogens (tertiary/aromatic N) is 4. The van der Waals surface area contributed by atoms with Gasteiger partial charge in [-0.2, -0.15) is 5.26 Å². The Hall–Kier alpha value is -4.36. The number of carbonyl (C=O) groups excluding carboxylic acids is 2. The minimum absolute atomic E-state index is 0.181. The van der Waals surface area contributed by atoms with Crippen LogP contribution in [0, 0.1) is 18.3 Å². The van der Waals surface area contributed by atoms with Crippen LogP contribution in [0.5, 0.6) is 11.5 Å². The van der Waals surface area contributed by atoms with E-state index in [2.05, 4.69) is 6.07 Å². The van der Waals surface area contributed by atoms with Gasteiger partial charge in [0, 0.05) is 30.1 Å². The van der Waals surface area contributed by atoms with Crippen LogP contribution < -0.4 is 14.4 Å². The first-order valence-electron chi connectivity index (χ1n) is 13.3. The van der Waals surface area contributed by atoms with Gasteiger partial charge in [0.25, 0.3) is 0 Å². The second-order valence-electron chi connectivity index (χ2n) is 10.4. The van der Waals surface area contributed by atoms with Crippen molar-refractivity contribution < 1.29 is 28.5 Å². The van der Waals surface area contributed by atoms with Crippen LogP contribution in [0.25, 0.3) is 10.9 Å². The molecule has 0 spiro atoms. The van der Waals surface area contributed by atoms with Gasteiger partial charge in [-0.3, -0.25) is 9.69 Å². The second kappa shape index (κ2) is 14.3. The number of aromatic nitrogens is 1. The van der Waals surface area contributed by atoms with Gasteiger partial charge in [-0.1, -0.05) is 18.2 Å². The third kappa shape index (κ3) is 8.56. The Balaban J connectivity index is 0.000000496. The fourth-order valence-corrected chi connectivity index (χ4v) is 4.22. The van der Waals surface area contributed by atoms with E-state index in [0.29, 0.717) is 36.0 Å². The number of rotatable bonds is 7. The molecular formula is C31H38N4O6. The van der Waals surface area contributed by atoms with Gasteiger partial charge in [0.2, 0.25) is 6.41 Å². The number of amides is 2. The molecule has 0 unspecified atom stereocenters. The summed E-state index contributed by atoms with van der Waals surface area (Å²) in [6, 6.07) is 15.2. The molecule has 4 rings (SSSR count). The number of morpholine rings is 1. The molecule has 41 heavy (non-hydrogen) atoms. The molecule has 1 aliphatic heterocycles. The van der Waals surface area contributed by atoms with Crippen LogP contribution >= 0.6 is 0 Å². The highest BCUT2D eigenvalue weighted by molar-refractivity contribution is 5.92. The lowest BCUT2D eigenvalue weighted by Gasteiger charge is -2.28. The van der Waals surface area contributed by atoms with Crippen LogP contribution in [0.1, 0.15) is 37.5 Å². The molecule has 10 heteroatoms. The highest BCUT2D eigenvalue weighted by Gasteiger charge is 2.26. The van der Waals surface area contributed by atoms with Gasteiger partial charge >= 0.3 is 6.09 Å². The van der Waals surface area contributed by atoms with E-state index < -0.39 is 11.7 Å². The molecule has 0 aliphatic carbocycles. The number of fused-ring (bicyclic) bond motifs is 1. The SMILES string of the molecule is COc1ccc(CN(C(=O)OC(C)(C)C)c2cc(C)c3cccc(CC#N)c3n2)c(OC)c1.O=CN1CCOCC1. The van der Waals surface area contributed by atoms with Crippen molar-refractivity contribution in [3.63, 3.8) is 0 Å². The van der Waals surface area contributed by atoms with E-state index >= 15 is 0 Å². The summed E-state index contributed by atoms with van der Waals surface area (Å²) in [4.78, 5) is 31.3. The molecule has 0 atom stereocenters.